The average molecular weight is 262 g/mol. The standard InChI is InChI=1S/C18H18N2/c1-18(12-19)13-20(14-18)17(15-8-4-2-5-9-15)16-10-6-3-7-11-16/h2-11,17H,13-14H2,1H3. The number of nitrogens with zero attached hydrogens (tertiary/aromatic N) is 2. The second-order valence-electron chi connectivity index (χ2n) is 5.80. The average Bonchev–Trinajstić information content (AvgIpc) is 2.48. The number of nitriles is 1. The van der Waals surface area contributed by atoms with E-state index in [2.05, 4.69) is 59.5 Å². The van der Waals surface area contributed by atoms with E-state index in [1.54, 1.807) is 0 Å². The van der Waals surface area contributed by atoms with Gasteiger partial charge in [-0.25, -0.2) is 0 Å². The Balaban J connectivity index is 1.93. The molecular formula is C18H18N2. The molecular weight excluding hydrogens is 244 g/mol. The third-order valence-electron chi connectivity index (χ3n) is 3.97. The van der Waals surface area contributed by atoms with Gasteiger partial charge in [-0.1, -0.05) is 60.7 Å². The van der Waals surface area contributed by atoms with Crippen LogP contribution in [0.2, 0.25) is 0 Å². The van der Waals surface area contributed by atoms with Crippen LogP contribution in [0.5, 0.6) is 0 Å². The molecule has 0 aliphatic carbocycles. The van der Waals surface area contributed by atoms with Gasteiger partial charge in [-0.15, -0.1) is 0 Å². The summed E-state index contributed by atoms with van der Waals surface area (Å²) in [5, 5.41) is 9.21. The summed E-state index contributed by atoms with van der Waals surface area (Å²) in [6.07, 6.45) is 0. The number of hydrogen-bond acceptors (Lipinski definition) is 2. The van der Waals surface area contributed by atoms with Gasteiger partial charge in [-0.05, 0) is 18.1 Å². The SMILES string of the molecule is CC1(C#N)CN(C(c2ccccc2)c2ccccc2)C1. The Morgan fingerprint density at radius 3 is 1.80 bits per heavy atom. The van der Waals surface area contributed by atoms with E-state index in [1.165, 1.54) is 11.1 Å². The molecule has 0 aromatic heterocycles. The molecule has 1 fully saturated rings. The van der Waals surface area contributed by atoms with Crippen LogP contribution in [0.1, 0.15) is 24.1 Å². The molecule has 2 heteroatoms. The van der Waals surface area contributed by atoms with E-state index in [4.69, 9.17) is 0 Å². The van der Waals surface area contributed by atoms with Gasteiger partial charge >= 0.3 is 0 Å². The minimum atomic E-state index is -0.193. The van der Waals surface area contributed by atoms with Gasteiger partial charge in [-0.3, -0.25) is 4.90 Å². The highest BCUT2D eigenvalue weighted by molar-refractivity contribution is 5.33. The molecule has 0 N–H and O–H groups in total. The first-order valence-corrected chi connectivity index (χ1v) is 6.97. The predicted octanol–water partition coefficient (Wildman–Crippen LogP) is 3.62. The van der Waals surface area contributed by atoms with Gasteiger partial charge in [0, 0.05) is 13.1 Å². The highest BCUT2D eigenvalue weighted by atomic mass is 15.2. The second-order valence-corrected chi connectivity index (χ2v) is 5.80. The lowest BCUT2D eigenvalue weighted by Gasteiger charge is -2.48. The van der Waals surface area contributed by atoms with Crippen molar-refractivity contribution in [3.63, 3.8) is 0 Å². The van der Waals surface area contributed by atoms with Crippen molar-refractivity contribution in [1.82, 2.24) is 4.90 Å². The van der Waals surface area contributed by atoms with Crippen LogP contribution in [0.3, 0.4) is 0 Å². The molecule has 0 radical (unpaired) electrons. The van der Waals surface area contributed by atoms with Gasteiger partial charge in [-0.2, -0.15) is 5.26 Å². The summed E-state index contributed by atoms with van der Waals surface area (Å²) in [5.41, 5.74) is 2.39. The Hall–Kier alpha value is -2.11. The maximum atomic E-state index is 9.21. The van der Waals surface area contributed by atoms with Crippen molar-refractivity contribution in [2.45, 2.75) is 13.0 Å². The molecule has 2 aromatic rings. The minimum absolute atomic E-state index is 0.193. The summed E-state index contributed by atoms with van der Waals surface area (Å²) < 4.78 is 0. The number of rotatable bonds is 3. The van der Waals surface area contributed by atoms with Gasteiger partial charge < -0.3 is 0 Å². The molecule has 0 bridgehead atoms. The molecule has 3 rings (SSSR count). The summed E-state index contributed by atoms with van der Waals surface area (Å²) in [6.45, 7) is 3.70. The maximum Gasteiger partial charge on any atom is 0.0799 e. The largest absolute Gasteiger partial charge is 0.289 e. The first-order valence-electron chi connectivity index (χ1n) is 6.97. The lowest BCUT2D eigenvalue weighted by molar-refractivity contribution is 0.0323. The Morgan fingerprint density at radius 1 is 0.950 bits per heavy atom. The van der Waals surface area contributed by atoms with Gasteiger partial charge in [0.2, 0.25) is 0 Å². The summed E-state index contributed by atoms with van der Waals surface area (Å²) >= 11 is 0. The fraction of sp³-hybridized carbons (Fsp3) is 0.278. The highest BCUT2D eigenvalue weighted by Gasteiger charge is 2.42. The number of benzene rings is 2. The van der Waals surface area contributed by atoms with Gasteiger partial charge in [0.05, 0.1) is 17.5 Å². The quantitative estimate of drug-likeness (QED) is 0.844. The molecule has 1 heterocycles. The van der Waals surface area contributed by atoms with Crippen LogP contribution in [0.25, 0.3) is 0 Å². The maximum absolute atomic E-state index is 9.21. The molecule has 2 nitrogen and oxygen atoms in total. The van der Waals surface area contributed by atoms with Crippen molar-refractivity contribution in [2.75, 3.05) is 13.1 Å². The first-order chi connectivity index (χ1) is 9.72. The Labute approximate surface area is 120 Å². The lowest BCUT2D eigenvalue weighted by Crippen LogP contribution is -2.55. The van der Waals surface area contributed by atoms with Crippen LogP contribution in [0.4, 0.5) is 0 Å². The van der Waals surface area contributed by atoms with E-state index in [0.29, 0.717) is 0 Å². The van der Waals surface area contributed by atoms with Crippen LogP contribution in [0, 0.1) is 16.7 Å². The zero-order chi connectivity index (χ0) is 14.0. The minimum Gasteiger partial charge on any atom is -0.289 e. The third kappa shape index (κ3) is 2.33. The molecule has 1 saturated heterocycles. The number of hydrogen-bond donors (Lipinski definition) is 0. The van der Waals surface area contributed by atoms with Crippen LogP contribution < -0.4 is 0 Å². The Kier molecular flexibility index (Phi) is 3.30. The van der Waals surface area contributed by atoms with E-state index in [9.17, 15) is 5.26 Å². The fourth-order valence-electron chi connectivity index (χ4n) is 2.99. The third-order valence-corrected chi connectivity index (χ3v) is 3.97. The summed E-state index contributed by atoms with van der Waals surface area (Å²) in [7, 11) is 0. The molecule has 2 aromatic carbocycles. The smallest absolute Gasteiger partial charge is 0.0799 e. The van der Waals surface area contributed by atoms with E-state index < -0.39 is 0 Å². The van der Waals surface area contributed by atoms with E-state index in [1.807, 2.05) is 19.1 Å². The molecule has 20 heavy (non-hydrogen) atoms. The van der Waals surface area contributed by atoms with Crippen molar-refractivity contribution < 1.29 is 0 Å². The van der Waals surface area contributed by atoms with Crippen LogP contribution in [-0.2, 0) is 0 Å². The molecule has 0 unspecified atom stereocenters. The van der Waals surface area contributed by atoms with Crippen LogP contribution >= 0.6 is 0 Å². The molecule has 0 atom stereocenters. The highest BCUT2D eigenvalue weighted by Crippen LogP contribution is 2.39. The topological polar surface area (TPSA) is 27.0 Å². The molecule has 0 amide bonds. The summed E-state index contributed by atoms with van der Waals surface area (Å²) in [4.78, 5) is 2.38. The monoisotopic (exact) mass is 262 g/mol. The zero-order valence-corrected chi connectivity index (χ0v) is 11.7. The predicted molar refractivity (Wildman–Crippen MR) is 80.0 cm³/mol. The first kappa shape index (κ1) is 12.9. The zero-order valence-electron chi connectivity index (χ0n) is 11.7. The van der Waals surface area contributed by atoms with E-state index >= 15 is 0 Å². The van der Waals surface area contributed by atoms with Crippen LogP contribution in [-0.4, -0.2) is 18.0 Å². The van der Waals surface area contributed by atoms with E-state index in [-0.39, 0.29) is 11.5 Å². The lowest BCUT2D eigenvalue weighted by atomic mass is 9.80. The fourth-order valence-corrected chi connectivity index (χ4v) is 2.99. The summed E-state index contributed by atoms with van der Waals surface area (Å²) in [5.74, 6) is 0. The summed E-state index contributed by atoms with van der Waals surface area (Å²) in [6, 6.07) is 23.7. The normalized spacial score (nSPS) is 17.4. The molecule has 1 aliphatic heterocycles. The van der Waals surface area contributed by atoms with Gasteiger partial charge in [0.1, 0.15) is 0 Å². The Morgan fingerprint density at radius 2 is 1.40 bits per heavy atom. The van der Waals surface area contributed by atoms with E-state index in [0.717, 1.165) is 13.1 Å². The Bertz CT molecular complexity index is 567. The second kappa shape index (κ2) is 5.11. The molecule has 0 saturated carbocycles. The molecule has 100 valence electrons. The van der Waals surface area contributed by atoms with Crippen molar-refractivity contribution in [3.8, 4) is 6.07 Å². The van der Waals surface area contributed by atoms with Crippen molar-refractivity contribution >= 4 is 0 Å². The van der Waals surface area contributed by atoms with Crippen molar-refractivity contribution in [1.29, 1.82) is 5.26 Å². The molecule has 1 aliphatic rings. The molecule has 0 spiro atoms. The van der Waals surface area contributed by atoms with Gasteiger partial charge in [0.25, 0.3) is 0 Å². The van der Waals surface area contributed by atoms with Crippen molar-refractivity contribution in [3.05, 3.63) is 71.8 Å². The van der Waals surface area contributed by atoms with Gasteiger partial charge in [0.15, 0.2) is 0 Å². The number of likely N-dealkylation sites (tertiary alicyclic amines) is 1. The van der Waals surface area contributed by atoms with Crippen molar-refractivity contribution in [2.24, 2.45) is 5.41 Å². The van der Waals surface area contributed by atoms with Crippen LogP contribution in [0.15, 0.2) is 60.7 Å².